The van der Waals surface area contributed by atoms with Crippen molar-refractivity contribution >= 4 is 11.3 Å². The zero-order valence-electron chi connectivity index (χ0n) is 4.61. The molecule has 0 aromatic heterocycles. The molecule has 2 rings (SSSR count). The van der Waals surface area contributed by atoms with E-state index >= 15 is 0 Å². The third kappa shape index (κ3) is 0.695. The molecule has 0 fully saturated rings. The van der Waals surface area contributed by atoms with Crippen molar-refractivity contribution in [1.29, 1.82) is 0 Å². The maximum Gasteiger partial charge on any atom is 0.0917 e. The highest BCUT2D eigenvalue weighted by Gasteiger charge is 1.99. The van der Waals surface area contributed by atoms with E-state index < -0.39 is 0 Å². The van der Waals surface area contributed by atoms with Crippen molar-refractivity contribution in [3.63, 3.8) is 0 Å². The Morgan fingerprint density at radius 3 is 3.22 bits per heavy atom. The molecule has 0 aromatic carbocycles. The minimum absolute atomic E-state index is 0.980. The van der Waals surface area contributed by atoms with E-state index in [-0.39, 0.29) is 0 Å². The molecule has 9 heavy (non-hydrogen) atoms. The molecule has 0 amide bonds. The van der Waals surface area contributed by atoms with Gasteiger partial charge in [0.15, 0.2) is 0 Å². The van der Waals surface area contributed by atoms with Crippen LogP contribution >= 0.6 is 11.3 Å². The van der Waals surface area contributed by atoms with Crippen molar-refractivity contribution in [3.8, 4) is 11.3 Å². The fourth-order valence-corrected chi connectivity index (χ4v) is 1.28. The van der Waals surface area contributed by atoms with Gasteiger partial charge in [-0.15, -0.1) is 11.3 Å². The molecule has 0 saturated carbocycles. The first-order chi connectivity index (χ1) is 4.47. The standard InChI is InChI=1S/C6H4N2S/c1-5-3-9-4-8-6(5)2-7-1/h1-4H. The van der Waals surface area contributed by atoms with Crippen LogP contribution in [-0.2, 0) is 0 Å². The van der Waals surface area contributed by atoms with Crippen molar-refractivity contribution in [2.45, 2.75) is 0 Å². The largest absolute Gasteiger partial charge is 0.262 e. The van der Waals surface area contributed by atoms with E-state index in [9.17, 15) is 0 Å². The topological polar surface area (TPSA) is 25.8 Å². The van der Waals surface area contributed by atoms with Gasteiger partial charge in [0.05, 0.1) is 17.4 Å². The maximum absolute atomic E-state index is 4.10. The van der Waals surface area contributed by atoms with E-state index in [0.29, 0.717) is 0 Å². The van der Waals surface area contributed by atoms with Gasteiger partial charge in [-0.2, -0.15) is 0 Å². The normalized spacial score (nSPS) is 10.2. The van der Waals surface area contributed by atoms with Crippen LogP contribution in [0.5, 0.6) is 0 Å². The summed E-state index contributed by atoms with van der Waals surface area (Å²) in [7, 11) is 0. The summed E-state index contributed by atoms with van der Waals surface area (Å²) in [5.74, 6) is 0. The lowest BCUT2D eigenvalue weighted by Crippen LogP contribution is -1.72. The number of aromatic nitrogens is 2. The number of rotatable bonds is 0. The van der Waals surface area contributed by atoms with Gasteiger partial charge in [-0.25, -0.2) is 4.98 Å². The quantitative estimate of drug-likeness (QED) is 0.550. The minimum Gasteiger partial charge on any atom is -0.262 e. The molecule has 0 bridgehead atoms. The minimum atomic E-state index is 0.980. The number of hydrogen-bond acceptors (Lipinski definition) is 3. The molecule has 0 unspecified atom stereocenters. The highest BCUT2D eigenvalue weighted by Crippen LogP contribution is 2.17. The third-order valence-corrected chi connectivity index (χ3v) is 1.77. The summed E-state index contributed by atoms with van der Waals surface area (Å²) in [5, 5.41) is 2.04. The van der Waals surface area contributed by atoms with Gasteiger partial charge in [-0.05, 0) is 0 Å². The average Bonchev–Trinajstić information content (AvgIpc) is 2.33. The summed E-state index contributed by atoms with van der Waals surface area (Å²) < 4.78 is 0. The summed E-state index contributed by atoms with van der Waals surface area (Å²) in [5.41, 5.74) is 3.92. The van der Waals surface area contributed by atoms with E-state index in [1.165, 1.54) is 0 Å². The van der Waals surface area contributed by atoms with Gasteiger partial charge < -0.3 is 0 Å². The Morgan fingerprint density at radius 1 is 1.33 bits per heavy atom. The number of fused-ring (bicyclic) bond motifs is 1. The zero-order chi connectivity index (χ0) is 6.10. The van der Waals surface area contributed by atoms with Crippen LogP contribution in [0.25, 0.3) is 11.3 Å². The van der Waals surface area contributed by atoms with Crippen LogP contribution in [0, 0.1) is 0 Å². The summed E-state index contributed by atoms with van der Waals surface area (Å²) in [4.78, 5) is 8.04. The molecule has 0 spiro atoms. The van der Waals surface area contributed by atoms with E-state index in [0.717, 1.165) is 11.3 Å². The summed E-state index contributed by atoms with van der Waals surface area (Å²) in [6.07, 6.45) is 3.58. The van der Waals surface area contributed by atoms with Crippen LogP contribution in [-0.4, -0.2) is 9.97 Å². The average molecular weight is 136 g/mol. The highest BCUT2D eigenvalue weighted by atomic mass is 32.1. The summed E-state index contributed by atoms with van der Waals surface area (Å²) in [6, 6.07) is 0. The van der Waals surface area contributed by atoms with E-state index in [1.807, 2.05) is 17.1 Å². The van der Waals surface area contributed by atoms with Gasteiger partial charge in [0, 0.05) is 17.1 Å². The van der Waals surface area contributed by atoms with Gasteiger partial charge in [0.2, 0.25) is 0 Å². The highest BCUT2D eigenvalue weighted by molar-refractivity contribution is 7.07. The fraction of sp³-hybridized carbons (Fsp3) is 0. The lowest BCUT2D eigenvalue weighted by atomic mass is 10.3. The molecule has 2 aliphatic rings. The smallest absolute Gasteiger partial charge is 0.0917 e. The van der Waals surface area contributed by atoms with Gasteiger partial charge in [-0.3, -0.25) is 4.98 Å². The van der Waals surface area contributed by atoms with Crippen LogP contribution in [0.3, 0.4) is 0 Å². The monoisotopic (exact) mass is 136 g/mol. The van der Waals surface area contributed by atoms with Gasteiger partial charge >= 0.3 is 0 Å². The van der Waals surface area contributed by atoms with Crippen molar-refractivity contribution < 1.29 is 0 Å². The molecule has 0 aromatic rings. The molecule has 2 nitrogen and oxygen atoms in total. The van der Waals surface area contributed by atoms with Gasteiger partial charge in [-0.1, -0.05) is 0 Å². The van der Waals surface area contributed by atoms with Crippen molar-refractivity contribution in [2.75, 3.05) is 0 Å². The van der Waals surface area contributed by atoms with Gasteiger partial charge in [0.1, 0.15) is 0 Å². The Kier molecular flexibility index (Phi) is 0.960. The molecule has 0 N–H and O–H groups in total. The second-order valence-corrected chi connectivity index (χ2v) is 2.45. The van der Waals surface area contributed by atoms with E-state index in [4.69, 9.17) is 0 Å². The number of hydrogen-bond donors (Lipinski definition) is 0. The Hall–Kier alpha value is -0.960. The molecular weight excluding hydrogens is 132 g/mol. The molecule has 0 saturated heterocycles. The SMILES string of the molecule is c1nc2cncc-2cs1. The van der Waals surface area contributed by atoms with Crippen molar-refractivity contribution in [2.24, 2.45) is 0 Å². The second-order valence-electron chi connectivity index (χ2n) is 1.74. The fourth-order valence-electron chi connectivity index (χ4n) is 0.718. The predicted molar refractivity (Wildman–Crippen MR) is 36.5 cm³/mol. The first kappa shape index (κ1) is 4.88. The third-order valence-electron chi connectivity index (χ3n) is 1.15. The summed E-state index contributed by atoms with van der Waals surface area (Å²) >= 11 is 1.59. The molecule has 2 aliphatic heterocycles. The Labute approximate surface area is 56.5 Å². The molecule has 44 valence electrons. The maximum atomic E-state index is 4.10. The van der Waals surface area contributed by atoms with Crippen LogP contribution in [0.4, 0.5) is 0 Å². The molecule has 0 radical (unpaired) electrons. The molecule has 0 aliphatic carbocycles. The van der Waals surface area contributed by atoms with Crippen molar-refractivity contribution in [1.82, 2.24) is 9.97 Å². The lowest BCUT2D eigenvalue weighted by Gasteiger charge is -1.88. The lowest BCUT2D eigenvalue weighted by molar-refractivity contribution is 1.37. The van der Waals surface area contributed by atoms with Crippen LogP contribution < -0.4 is 0 Å². The second kappa shape index (κ2) is 1.77. The molecule has 2 heterocycles. The van der Waals surface area contributed by atoms with Crippen LogP contribution in [0.15, 0.2) is 23.3 Å². The van der Waals surface area contributed by atoms with E-state index in [1.54, 1.807) is 17.5 Å². The summed E-state index contributed by atoms with van der Waals surface area (Å²) in [6.45, 7) is 0. The predicted octanol–water partition coefficient (Wildman–Crippen LogP) is 1.64. The molecule has 3 heteroatoms. The van der Waals surface area contributed by atoms with Gasteiger partial charge in [0.25, 0.3) is 0 Å². The first-order valence-corrected chi connectivity index (χ1v) is 3.53. The van der Waals surface area contributed by atoms with Crippen LogP contribution in [0.1, 0.15) is 0 Å². The number of nitrogens with zero attached hydrogens (tertiary/aromatic N) is 2. The van der Waals surface area contributed by atoms with E-state index in [2.05, 4.69) is 9.97 Å². The Bertz CT molecular complexity index is 251. The Morgan fingerprint density at radius 2 is 2.33 bits per heavy atom. The Balaban J connectivity index is 2.79. The molecular formula is C6H4N2S. The van der Waals surface area contributed by atoms with Crippen molar-refractivity contribution in [3.05, 3.63) is 23.3 Å². The zero-order valence-corrected chi connectivity index (χ0v) is 5.43. The molecule has 0 atom stereocenters. The van der Waals surface area contributed by atoms with Crippen LogP contribution in [0.2, 0.25) is 0 Å². The first-order valence-electron chi connectivity index (χ1n) is 2.59.